The van der Waals surface area contributed by atoms with Gasteiger partial charge in [0.2, 0.25) is 0 Å². The minimum Gasteiger partial charge on any atom is -0.321 e. The molecule has 3 nitrogen and oxygen atoms in total. The van der Waals surface area contributed by atoms with E-state index in [9.17, 15) is 18.0 Å². The molecule has 1 atom stereocenters. The molecule has 0 unspecified atom stereocenters. The molecule has 0 spiro atoms. The van der Waals surface area contributed by atoms with Gasteiger partial charge in [-0.2, -0.15) is 13.2 Å². The zero-order valence-corrected chi connectivity index (χ0v) is 10.7. The first-order valence-electron chi connectivity index (χ1n) is 6.57. The van der Waals surface area contributed by atoms with Gasteiger partial charge in [0, 0.05) is 6.54 Å². The quantitative estimate of drug-likeness (QED) is 0.679. The summed E-state index contributed by atoms with van der Waals surface area (Å²) in [5.41, 5.74) is 0. The number of likely N-dealkylation sites (tertiary alicyclic amines) is 2. The Bertz CT molecular complexity index is 391. The Morgan fingerprint density at radius 2 is 1.84 bits per heavy atom. The van der Waals surface area contributed by atoms with Crippen LogP contribution in [-0.2, 0) is 4.79 Å². The summed E-state index contributed by atoms with van der Waals surface area (Å²) in [6.07, 6.45) is -1.35. The first-order valence-corrected chi connectivity index (χ1v) is 6.57. The Hall–Kier alpha value is -1.22. The number of carbonyl (C=O) groups excluding carboxylic acids is 1. The number of hydrogen-bond donors (Lipinski definition) is 0. The van der Waals surface area contributed by atoms with E-state index in [1.54, 1.807) is 0 Å². The SMILES string of the molecule is O=C(N1CCC[C@@H]1C#CCN1CCCC1)C(F)(F)F. The molecule has 2 rings (SSSR count). The van der Waals surface area contributed by atoms with Gasteiger partial charge in [-0.1, -0.05) is 11.8 Å². The summed E-state index contributed by atoms with van der Waals surface area (Å²) in [6.45, 7) is 2.75. The second-order valence-corrected chi connectivity index (χ2v) is 4.96. The molecule has 1 amide bonds. The predicted octanol–water partition coefficient (Wildman–Crippen LogP) is 1.64. The maximum atomic E-state index is 12.4. The molecule has 6 heteroatoms. The van der Waals surface area contributed by atoms with Crippen molar-refractivity contribution >= 4 is 5.91 Å². The van der Waals surface area contributed by atoms with E-state index < -0.39 is 18.1 Å². The number of halogens is 3. The third kappa shape index (κ3) is 3.63. The molecule has 2 aliphatic rings. The summed E-state index contributed by atoms with van der Waals surface area (Å²) in [6, 6.07) is -0.572. The normalized spacial score (nSPS) is 24.4. The van der Waals surface area contributed by atoms with Crippen LogP contribution in [0.4, 0.5) is 13.2 Å². The number of carbonyl (C=O) groups is 1. The van der Waals surface area contributed by atoms with Crippen LogP contribution in [0, 0.1) is 11.8 Å². The van der Waals surface area contributed by atoms with Crippen LogP contribution < -0.4 is 0 Å². The van der Waals surface area contributed by atoms with Gasteiger partial charge in [-0.05, 0) is 38.8 Å². The highest BCUT2D eigenvalue weighted by Crippen LogP contribution is 2.25. The molecule has 0 saturated carbocycles. The standard InChI is InChI=1S/C13H17F3N2O/c14-13(15,16)12(19)18-10-4-6-11(18)5-3-9-17-7-1-2-8-17/h11H,1-2,4,6-10H2/t11-/m0/s1. The monoisotopic (exact) mass is 274 g/mol. The van der Waals surface area contributed by atoms with Crippen molar-refractivity contribution in [3.8, 4) is 11.8 Å². The average Bonchev–Trinajstić information content (AvgIpc) is 2.97. The molecule has 0 aromatic heterocycles. The first-order chi connectivity index (χ1) is 8.98. The summed E-state index contributed by atoms with van der Waals surface area (Å²) >= 11 is 0. The van der Waals surface area contributed by atoms with E-state index in [0.717, 1.165) is 30.8 Å². The molecule has 106 valence electrons. The van der Waals surface area contributed by atoms with E-state index in [4.69, 9.17) is 0 Å². The lowest BCUT2D eigenvalue weighted by Crippen LogP contribution is -2.43. The summed E-state index contributed by atoms with van der Waals surface area (Å²) in [5.74, 6) is 3.99. The van der Waals surface area contributed by atoms with E-state index in [2.05, 4.69) is 16.7 Å². The van der Waals surface area contributed by atoms with Crippen molar-refractivity contribution in [2.24, 2.45) is 0 Å². The molecule has 2 saturated heterocycles. The lowest BCUT2D eigenvalue weighted by molar-refractivity contribution is -0.185. The Kier molecular flexibility index (Phi) is 4.35. The van der Waals surface area contributed by atoms with Gasteiger partial charge in [0.05, 0.1) is 12.6 Å². The van der Waals surface area contributed by atoms with E-state index in [1.807, 2.05) is 0 Å². The largest absolute Gasteiger partial charge is 0.471 e. The van der Waals surface area contributed by atoms with Gasteiger partial charge in [-0.25, -0.2) is 0 Å². The Morgan fingerprint density at radius 3 is 2.47 bits per heavy atom. The third-order valence-corrected chi connectivity index (χ3v) is 3.53. The summed E-state index contributed by atoms with van der Waals surface area (Å²) in [4.78, 5) is 14.3. The molecule has 0 aromatic carbocycles. The number of amides is 1. The number of alkyl halides is 3. The second kappa shape index (κ2) is 5.83. The van der Waals surface area contributed by atoms with Crippen LogP contribution >= 0.6 is 0 Å². The highest BCUT2D eigenvalue weighted by molar-refractivity contribution is 5.82. The van der Waals surface area contributed by atoms with Gasteiger partial charge >= 0.3 is 12.1 Å². The number of nitrogens with zero attached hydrogens (tertiary/aromatic N) is 2. The van der Waals surface area contributed by atoms with E-state index in [1.165, 1.54) is 0 Å². The molecule has 0 radical (unpaired) electrons. The van der Waals surface area contributed by atoms with E-state index in [-0.39, 0.29) is 6.54 Å². The summed E-state index contributed by atoms with van der Waals surface area (Å²) in [7, 11) is 0. The topological polar surface area (TPSA) is 23.6 Å². The van der Waals surface area contributed by atoms with Gasteiger partial charge < -0.3 is 4.90 Å². The molecule has 0 N–H and O–H groups in total. The van der Waals surface area contributed by atoms with Crippen molar-refractivity contribution in [1.29, 1.82) is 0 Å². The zero-order valence-electron chi connectivity index (χ0n) is 10.7. The first kappa shape index (κ1) is 14.2. The summed E-state index contributed by atoms with van der Waals surface area (Å²) < 4.78 is 37.2. The number of hydrogen-bond acceptors (Lipinski definition) is 2. The highest BCUT2D eigenvalue weighted by Gasteiger charge is 2.45. The Labute approximate surface area is 110 Å². The maximum absolute atomic E-state index is 12.4. The van der Waals surface area contributed by atoms with Gasteiger partial charge in [-0.3, -0.25) is 9.69 Å². The second-order valence-electron chi connectivity index (χ2n) is 4.96. The number of rotatable bonds is 1. The Balaban J connectivity index is 1.91. The average molecular weight is 274 g/mol. The molecular formula is C13H17F3N2O. The fourth-order valence-corrected chi connectivity index (χ4v) is 2.54. The van der Waals surface area contributed by atoms with Crippen LogP contribution in [-0.4, -0.2) is 54.1 Å². The van der Waals surface area contributed by atoms with Gasteiger partial charge in [-0.15, -0.1) is 0 Å². The molecule has 0 aliphatic carbocycles. The van der Waals surface area contributed by atoms with Crippen LogP contribution in [0.3, 0.4) is 0 Å². The molecular weight excluding hydrogens is 257 g/mol. The molecule has 2 aliphatic heterocycles. The fourth-order valence-electron chi connectivity index (χ4n) is 2.54. The predicted molar refractivity (Wildman–Crippen MR) is 64.2 cm³/mol. The van der Waals surface area contributed by atoms with Crippen molar-refractivity contribution in [2.75, 3.05) is 26.2 Å². The molecule has 0 bridgehead atoms. The fraction of sp³-hybridized carbons (Fsp3) is 0.769. The smallest absolute Gasteiger partial charge is 0.321 e. The highest BCUT2D eigenvalue weighted by atomic mass is 19.4. The molecule has 2 fully saturated rings. The van der Waals surface area contributed by atoms with Crippen molar-refractivity contribution < 1.29 is 18.0 Å². The lowest BCUT2D eigenvalue weighted by Gasteiger charge is -2.21. The van der Waals surface area contributed by atoms with Crippen LogP contribution in [0.15, 0.2) is 0 Å². The van der Waals surface area contributed by atoms with Gasteiger partial charge in [0.25, 0.3) is 0 Å². The van der Waals surface area contributed by atoms with Crippen molar-refractivity contribution in [1.82, 2.24) is 9.80 Å². The molecule has 19 heavy (non-hydrogen) atoms. The van der Waals surface area contributed by atoms with Gasteiger partial charge in [0.15, 0.2) is 0 Å². The minimum atomic E-state index is -4.79. The van der Waals surface area contributed by atoms with Crippen molar-refractivity contribution in [2.45, 2.75) is 37.9 Å². The van der Waals surface area contributed by atoms with Crippen LogP contribution in [0.1, 0.15) is 25.7 Å². The summed E-state index contributed by atoms with van der Waals surface area (Å²) in [5, 5.41) is 0. The lowest BCUT2D eigenvalue weighted by atomic mass is 10.2. The van der Waals surface area contributed by atoms with Crippen LogP contribution in [0.25, 0.3) is 0 Å². The van der Waals surface area contributed by atoms with E-state index in [0.29, 0.717) is 19.4 Å². The van der Waals surface area contributed by atoms with Crippen LogP contribution in [0.5, 0.6) is 0 Å². The van der Waals surface area contributed by atoms with Crippen molar-refractivity contribution in [3.05, 3.63) is 0 Å². The van der Waals surface area contributed by atoms with Crippen LogP contribution in [0.2, 0.25) is 0 Å². The minimum absolute atomic E-state index is 0.154. The maximum Gasteiger partial charge on any atom is 0.471 e. The van der Waals surface area contributed by atoms with Gasteiger partial charge in [0.1, 0.15) is 0 Å². The molecule has 0 aromatic rings. The van der Waals surface area contributed by atoms with Crippen molar-refractivity contribution in [3.63, 3.8) is 0 Å². The molecule has 2 heterocycles. The Morgan fingerprint density at radius 1 is 1.16 bits per heavy atom. The third-order valence-electron chi connectivity index (χ3n) is 3.53. The van der Waals surface area contributed by atoms with E-state index >= 15 is 0 Å². The zero-order chi connectivity index (χ0) is 13.9.